The maximum Gasteiger partial charge on any atom is 0.401 e. The molecule has 1 aliphatic heterocycles. The highest BCUT2D eigenvalue weighted by molar-refractivity contribution is 5.79. The van der Waals surface area contributed by atoms with Gasteiger partial charge in [0.05, 0.1) is 6.54 Å². The Balaban J connectivity index is 1.61. The van der Waals surface area contributed by atoms with Crippen LogP contribution in [0.2, 0.25) is 0 Å². The van der Waals surface area contributed by atoms with Crippen LogP contribution in [0.3, 0.4) is 0 Å². The molecule has 0 bridgehead atoms. The number of hydrogen-bond acceptors (Lipinski definition) is 2. The molecule has 0 aromatic carbocycles. The lowest BCUT2D eigenvalue weighted by atomic mass is 9.81. The van der Waals surface area contributed by atoms with Crippen LogP contribution in [0.4, 0.5) is 13.2 Å². The fraction of sp³-hybridized carbons (Fsp3) is 0.944. The van der Waals surface area contributed by atoms with Crippen molar-refractivity contribution in [2.45, 2.75) is 51.6 Å². The lowest BCUT2D eigenvalue weighted by Crippen LogP contribution is -2.41. The lowest BCUT2D eigenvalue weighted by Gasteiger charge is -2.27. The van der Waals surface area contributed by atoms with Gasteiger partial charge in [-0.1, -0.05) is 26.2 Å². The van der Waals surface area contributed by atoms with Crippen molar-refractivity contribution in [3.05, 3.63) is 0 Å². The Kier molecular flexibility index (Phi) is 7.84. The molecule has 3 unspecified atom stereocenters. The first-order chi connectivity index (χ1) is 11.9. The molecule has 7 heteroatoms. The number of nitrogens with zero attached hydrogens (tertiary/aromatic N) is 2. The molecule has 25 heavy (non-hydrogen) atoms. The quantitative estimate of drug-likeness (QED) is 0.563. The number of guanidine groups is 1. The van der Waals surface area contributed by atoms with Crippen molar-refractivity contribution in [1.29, 1.82) is 0 Å². The van der Waals surface area contributed by atoms with E-state index in [2.05, 4.69) is 22.5 Å². The summed E-state index contributed by atoms with van der Waals surface area (Å²) in [6, 6.07) is 0. The predicted molar refractivity (Wildman–Crippen MR) is 95.7 cm³/mol. The molecule has 3 atom stereocenters. The van der Waals surface area contributed by atoms with Crippen molar-refractivity contribution in [3.8, 4) is 0 Å². The molecule has 0 amide bonds. The van der Waals surface area contributed by atoms with Crippen molar-refractivity contribution < 1.29 is 13.2 Å². The molecule has 1 aliphatic carbocycles. The summed E-state index contributed by atoms with van der Waals surface area (Å²) < 4.78 is 37.3. The van der Waals surface area contributed by atoms with E-state index < -0.39 is 12.7 Å². The highest BCUT2D eigenvalue weighted by Gasteiger charge is 2.34. The summed E-state index contributed by atoms with van der Waals surface area (Å²) in [6.45, 7) is 4.15. The average Bonchev–Trinajstić information content (AvgIpc) is 2.96. The Morgan fingerprint density at radius 1 is 1.16 bits per heavy atom. The van der Waals surface area contributed by atoms with Crippen LogP contribution in [0.1, 0.15) is 45.4 Å². The van der Waals surface area contributed by atoms with Gasteiger partial charge in [-0.05, 0) is 43.6 Å². The van der Waals surface area contributed by atoms with Crippen LogP contribution < -0.4 is 10.6 Å². The lowest BCUT2D eigenvalue weighted by molar-refractivity contribution is -0.143. The Hall–Kier alpha value is -0.980. The van der Waals surface area contributed by atoms with Gasteiger partial charge in [-0.3, -0.25) is 9.89 Å². The molecular formula is C18H33F3N4. The van der Waals surface area contributed by atoms with Crippen LogP contribution in [0.5, 0.6) is 0 Å². The molecule has 0 aromatic rings. The molecule has 0 radical (unpaired) electrons. The smallest absolute Gasteiger partial charge is 0.356 e. The van der Waals surface area contributed by atoms with E-state index in [1.165, 1.54) is 30.6 Å². The van der Waals surface area contributed by atoms with Gasteiger partial charge < -0.3 is 10.6 Å². The molecule has 1 heterocycles. The minimum absolute atomic E-state index is 0.250. The highest BCUT2D eigenvalue weighted by atomic mass is 19.4. The predicted octanol–water partition coefficient (Wildman–Crippen LogP) is 3.25. The largest absolute Gasteiger partial charge is 0.401 e. The number of aliphatic imine (C=N–C) groups is 1. The summed E-state index contributed by atoms with van der Waals surface area (Å²) >= 11 is 0. The second-order valence-electron chi connectivity index (χ2n) is 7.81. The van der Waals surface area contributed by atoms with E-state index in [4.69, 9.17) is 0 Å². The first-order valence-electron chi connectivity index (χ1n) is 9.59. The zero-order chi connectivity index (χ0) is 18.3. The average molecular weight is 362 g/mol. The van der Waals surface area contributed by atoms with Crippen molar-refractivity contribution in [1.82, 2.24) is 15.5 Å². The second-order valence-corrected chi connectivity index (χ2v) is 7.81. The monoisotopic (exact) mass is 362 g/mol. The van der Waals surface area contributed by atoms with Crippen LogP contribution in [-0.2, 0) is 0 Å². The van der Waals surface area contributed by atoms with E-state index in [1.54, 1.807) is 7.05 Å². The summed E-state index contributed by atoms with van der Waals surface area (Å²) in [6.07, 6.45) is 3.22. The summed E-state index contributed by atoms with van der Waals surface area (Å²) in [7, 11) is 1.74. The third-order valence-corrected chi connectivity index (χ3v) is 5.44. The van der Waals surface area contributed by atoms with Crippen molar-refractivity contribution >= 4 is 5.96 Å². The molecule has 2 aliphatic rings. The van der Waals surface area contributed by atoms with Crippen LogP contribution in [0, 0.1) is 17.8 Å². The van der Waals surface area contributed by atoms with Crippen molar-refractivity contribution in [3.63, 3.8) is 0 Å². The molecular weight excluding hydrogens is 329 g/mol. The minimum Gasteiger partial charge on any atom is -0.356 e. The van der Waals surface area contributed by atoms with E-state index in [0.717, 1.165) is 37.2 Å². The molecule has 1 saturated heterocycles. The van der Waals surface area contributed by atoms with Gasteiger partial charge in [0.25, 0.3) is 0 Å². The van der Waals surface area contributed by atoms with Crippen LogP contribution >= 0.6 is 0 Å². The van der Waals surface area contributed by atoms with E-state index in [-0.39, 0.29) is 5.92 Å². The standard InChI is InChI=1S/C18H33F3N4/c1-14-4-3-5-15(10-14)6-8-23-17(22-2)24-11-16-7-9-25(12-16)13-18(19,20)21/h14-16H,3-13H2,1-2H3,(H2,22,23,24). The third-order valence-electron chi connectivity index (χ3n) is 5.44. The first-order valence-corrected chi connectivity index (χ1v) is 9.59. The molecule has 146 valence electrons. The van der Waals surface area contributed by atoms with Gasteiger partial charge >= 0.3 is 6.18 Å². The maximum atomic E-state index is 12.4. The molecule has 0 spiro atoms. The molecule has 2 fully saturated rings. The Labute approximate surface area is 149 Å². The summed E-state index contributed by atoms with van der Waals surface area (Å²) in [5, 5.41) is 6.62. The number of hydrogen-bond donors (Lipinski definition) is 2. The molecule has 1 saturated carbocycles. The van der Waals surface area contributed by atoms with Crippen LogP contribution in [0.25, 0.3) is 0 Å². The zero-order valence-corrected chi connectivity index (χ0v) is 15.5. The van der Waals surface area contributed by atoms with Gasteiger partial charge in [-0.2, -0.15) is 13.2 Å². The number of alkyl halides is 3. The second kappa shape index (κ2) is 9.64. The highest BCUT2D eigenvalue weighted by Crippen LogP contribution is 2.30. The molecule has 0 aromatic heterocycles. The number of nitrogens with one attached hydrogen (secondary N) is 2. The van der Waals surface area contributed by atoms with Gasteiger partial charge in [0.2, 0.25) is 0 Å². The van der Waals surface area contributed by atoms with E-state index >= 15 is 0 Å². The SMILES string of the molecule is CN=C(NCCC1CCCC(C)C1)NCC1CCN(CC(F)(F)F)C1. The van der Waals surface area contributed by atoms with Gasteiger partial charge in [0.15, 0.2) is 5.96 Å². The number of halogens is 3. The van der Waals surface area contributed by atoms with Crippen LogP contribution in [-0.4, -0.2) is 56.8 Å². The van der Waals surface area contributed by atoms with Crippen molar-refractivity contribution in [2.24, 2.45) is 22.7 Å². The van der Waals surface area contributed by atoms with Gasteiger partial charge in [0, 0.05) is 26.7 Å². The summed E-state index contributed by atoms with van der Waals surface area (Å²) in [5.74, 6) is 2.66. The summed E-state index contributed by atoms with van der Waals surface area (Å²) in [4.78, 5) is 5.72. The van der Waals surface area contributed by atoms with E-state index in [1.807, 2.05) is 0 Å². The number of likely N-dealkylation sites (tertiary alicyclic amines) is 1. The minimum atomic E-state index is -4.10. The van der Waals surface area contributed by atoms with Gasteiger partial charge in [-0.25, -0.2) is 0 Å². The summed E-state index contributed by atoms with van der Waals surface area (Å²) in [5.41, 5.74) is 0. The molecule has 2 N–H and O–H groups in total. The fourth-order valence-electron chi connectivity index (χ4n) is 4.15. The molecule has 4 nitrogen and oxygen atoms in total. The van der Waals surface area contributed by atoms with Gasteiger partial charge in [-0.15, -0.1) is 0 Å². The Bertz CT molecular complexity index is 425. The number of rotatable bonds is 6. The van der Waals surface area contributed by atoms with Crippen LogP contribution in [0.15, 0.2) is 4.99 Å². The zero-order valence-electron chi connectivity index (χ0n) is 15.5. The van der Waals surface area contributed by atoms with Gasteiger partial charge in [0.1, 0.15) is 0 Å². The van der Waals surface area contributed by atoms with Crippen molar-refractivity contribution in [2.75, 3.05) is 39.8 Å². The van der Waals surface area contributed by atoms with E-state index in [0.29, 0.717) is 19.6 Å². The Morgan fingerprint density at radius 3 is 2.64 bits per heavy atom. The Morgan fingerprint density at radius 2 is 1.96 bits per heavy atom. The molecule has 2 rings (SSSR count). The normalized spacial score (nSPS) is 29.0. The topological polar surface area (TPSA) is 39.7 Å². The van der Waals surface area contributed by atoms with E-state index in [9.17, 15) is 13.2 Å². The maximum absolute atomic E-state index is 12.4. The first kappa shape index (κ1) is 20.3. The third kappa shape index (κ3) is 7.84. The fourth-order valence-corrected chi connectivity index (χ4v) is 4.15.